The molecule has 0 bridgehead atoms. The molecule has 3 fully saturated rings. The van der Waals surface area contributed by atoms with Crippen LogP contribution < -0.4 is 0 Å². The maximum atomic E-state index is 12.7. The molecule has 0 N–H and O–H groups in total. The van der Waals surface area contributed by atoms with Gasteiger partial charge in [0.05, 0.1) is 5.41 Å². The topological polar surface area (TPSA) is 53.1 Å². The van der Waals surface area contributed by atoms with Crippen LogP contribution in [0.3, 0.4) is 0 Å². The normalized spacial score (nSPS) is 24.8. The van der Waals surface area contributed by atoms with E-state index in [0.29, 0.717) is 13.1 Å². The molecule has 1 atom stereocenters. The van der Waals surface area contributed by atoms with Crippen molar-refractivity contribution < 1.29 is 14.3 Å². The molecular weight excluding hydrogens is 354 g/mol. The second-order valence-electron chi connectivity index (χ2n) is 8.96. The van der Waals surface area contributed by atoms with Gasteiger partial charge in [-0.1, -0.05) is 13.8 Å². The van der Waals surface area contributed by atoms with Crippen LogP contribution >= 0.6 is 0 Å². The van der Waals surface area contributed by atoms with Crippen molar-refractivity contribution in [2.75, 3.05) is 45.8 Å². The first kappa shape index (κ1) is 21.4. The number of urea groups is 1. The molecule has 28 heavy (non-hydrogen) atoms. The lowest BCUT2D eigenvalue weighted by Crippen LogP contribution is -2.51. The number of amides is 2. The monoisotopic (exact) mass is 393 g/mol. The Morgan fingerprint density at radius 2 is 1.61 bits per heavy atom. The molecule has 1 unspecified atom stereocenters. The highest BCUT2D eigenvalue weighted by atomic mass is 16.6. The zero-order valence-corrected chi connectivity index (χ0v) is 18.0. The number of hydrogen-bond donors (Lipinski definition) is 0. The van der Waals surface area contributed by atoms with Gasteiger partial charge in [0, 0.05) is 39.1 Å². The Hall–Kier alpha value is -1.30. The highest BCUT2D eigenvalue weighted by Gasteiger charge is 2.50. The summed E-state index contributed by atoms with van der Waals surface area (Å²) in [5.41, 5.74) is -0.344. The Labute approximate surface area is 170 Å². The Bertz CT molecular complexity index is 519. The molecule has 0 radical (unpaired) electrons. The molecule has 0 aliphatic carbocycles. The van der Waals surface area contributed by atoms with Crippen LogP contribution in [0.4, 0.5) is 4.79 Å². The summed E-state index contributed by atoms with van der Waals surface area (Å²) in [6.45, 7) is 10.8. The van der Waals surface area contributed by atoms with Crippen molar-refractivity contribution in [3.8, 4) is 0 Å². The first-order valence-corrected chi connectivity index (χ1v) is 11.6. The van der Waals surface area contributed by atoms with Crippen LogP contribution in [0, 0.1) is 5.41 Å². The lowest BCUT2D eigenvalue weighted by atomic mass is 9.76. The number of esters is 1. The summed E-state index contributed by atoms with van der Waals surface area (Å²) in [6, 6.07) is 0.173. The van der Waals surface area contributed by atoms with Gasteiger partial charge in [-0.3, -0.25) is 4.79 Å². The average Bonchev–Trinajstić information content (AvgIpc) is 3.02. The van der Waals surface area contributed by atoms with Crippen molar-refractivity contribution in [2.24, 2.45) is 5.41 Å². The van der Waals surface area contributed by atoms with E-state index in [2.05, 4.69) is 18.7 Å². The number of cyclic esters (lactones) is 1. The quantitative estimate of drug-likeness (QED) is 0.621. The van der Waals surface area contributed by atoms with Crippen molar-refractivity contribution in [2.45, 2.75) is 77.7 Å². The van der Waals surface area contributed by atoms with Crippen LogP contribution in [-0.2, 0) is 9.53 Å². The Morgan fingerprint density at radius 1 is 1.00 bits per heavy atom. The lowest BCUT2D eigenvalue weighted by molar-refractivity contribution is -0.150. The van der Waals surface area contributed by atoms with E-state index in [0.717, 1.165) is 84.1 Å². The molecule has 6 heteroatoms. The van der Waals surface area contributed by atoms with Gasteiger partial charge in [0.2, 0.25) is 0 Å². The zero-order chi connectivity index (χ0) is 20.0. The fourth-order valence-corrected chi connectivity index (χ4v) is 5.11. The van der Waals surface area contributed by atoms with Crippen molar-refractivity contribution in [3.05, 3.63) is 0 Å². The third-order valence-electron chi connectivity index (χ3n) is 6.79. The van der Waals surface area contributed by atoms with E-state index in [1.807, 2.05) is 9.80 Å². The molecule has 3 aliphatic rings. The molecule has 160 valence electrons. The third kappa shape index (κ3) is 5.00. The van der Waals surface area contributed by atoms with E-state index < -0.39 is 0 Å². The number of carbonyl (C=O) groups is 2. The molecule has 6 nitrogen and oxygen atoms in total. The molecule has 1 spiro atoms. The standard InChI is InChI=1S/C22H39N3O3/c1-3-11-23(12-4-2)15-8-19-18-22(20(26)28-19)9-16-25(17-10-22)21(27)24-13-6-5-7-14-24/h19H,3-18H2,1-2H3. The summed E-state index contributed by atoms with van der Waals surface area (Å²) in [4.78, 5) is 31.9. The summed E-state index contributed by atoms with van der Waals surface area (Å²) in [5.74, 6) is -0.0138. The molecule has 3 heterocycles. The first-order valence-electron chi connectivity index (χ1n) is 11.6. The van der Waals surface area contributed by atoms with E-state index in [-0.39, 0.29) is 23.5 Å². The van der Waals surface area contributed by atoms with E-state index >= 15 is 0 Å². The van der Waals surface area contributed by atoms with Gasteiger partial charge >= 0.3 is 12.0 Å². The van der Waals surface area contributed by atoms with Crippen molar-refractivity contribution in [1.29, 1.82) is 0 Å². The number of nitrogens with zero attached hydrogens (tertiary/aromatic N) is 3. The van der Waals surface area contributed by atoms with Crippen molar-refractivity contribution in [3.63, 3.8) is 0 Å². The van der Waals surface area contributed by atoms with E-state index in [9.17, 15) is 9.59 Å². The van der Waals surface area contributed by atoms with Crippen LogP contribution in [0.5, 0.6) is 0 Å². The Morgan fingerprint density at radius 3 is 2.21 bits per heavy atom. The van der Waals surface area contributed by atoms with Gasteiger partial charge in [0.1, 0.15) is 6.10 Å². The lowest BCUT2D eigenvalue weighted by Gasteiger charge is -2.39. The van der Waals surface area contributed by atoms with Gasteiger partial charge in [-0.25, -0.2) is 4.79 Å². The second-order valence-corrected chi connectivity index (χ2v) is 8.96. The van der Waals surface area contributed by atoms with Gasteiger partial charge in [-0.2, -0.15) is 0 Å². The predicted molar refractivity (Wildman–Crippen MR) is 110 cm³/mol. The Kier molecular flexibility index (Phi) is 7.61. The number of ether oxygens (including phenoxy) is 1. The minimum Gasteiger partial charge on any atom is -0.462 e. The van der Waals surface area contributed by atoms with Crippen molar-refractivity contribution >= 4 is 12.0 Å². The number of piperidine rings is 2. The summed E-state index contributed by atoms with van der Waals surface area (Å²) >= 11 is 0. The number of likely N-dealkylation sites (tertiary alicyclic amines) is 2. The molecule has 3 aliphatic heterocycles. The highest BCUT2D eigenvalue weighted by molar-refractivity contribution is 5.80. The van der Waals surface area contributed by atoms with Gasteiger partial charge in [-0.05, 0) is 64.5 Å². The minimum absolute atomic E-state index is 0.0138. The summed E-state index contributed by atoms with van der Waals surface area (Å²) < 4.78 is 5.79. The number of rotatable bonds is 7. The molecule has 0 aromatic heterocycles. The van der Waals surface area contributed by atoms with Crippen LogP contribution in [-0.4, -0.2) is 78.6 Å². The van der Waals surface area contributed by atoms with Crippen LogP contribution in [0.2, 0.25) is 0 Å². The smallest absolute Gasteiger partial charge is 0.319 e. The molecule has 3 saturated heterocycles. The summed E-state index contributed by atoms with van der Waals surface area (Å²) in [7, 11) is 0. The van der Waals surface area contributed by atoms with Crippen molar-refractivity contribution in [1.82, 2.24) is 14.7 Å². The van der Waals surface area contributed by atoms with Crippen LogP contribution in [0.25, 0.3) is 0 Å². The molecule has 3 rings (SSSR count). The first-order chi connectivity index (χ1) is 13.6. The Balaban J connectivity index is 1.47. The largest absolute Gasteiger partial charge is 0.462 e. The number of hydrogen-bond acceptors (Lipinski definition) is 4. The fraction of sp³-hybridized carbons (Fsp3) is 0.909. The highest BCUT2D eigenvalue weighted by Crippen LogP contribution is 2.44. The molecular formula is C22H39N3O3. The van der Waals surface area contributed by atoms with E-state index in [4.69, 9.17) is 4.74 Å². The summed E-state index contributed by atoms with van der Waals surface area (Å²) in [6.07, 6.45) is 9.13. The average molecular weight is 394 g/mol. The maximum Gasteiger partial charge on any atom is 0.319 e. The summed E-state index contributed by atoms with van der Waals surface area (Å²) in [5, 5.41) is 0. The molecule has 0 aromatic rings. The second kappa shape index (κ2) is 9.95. The fourth-order valence-electron chi connectivity index (χ4n) is 5.11. The van der Waals surface area contributed by atoms with Gasteiger partial charge in [0.15, 0.2) is 0 Å². The SMILES string of the molecule is CCCN(CCC)CCC1CC2(CCN(C(=O)N3CCCCC3)CC2)C(=O)O1. The van der Waals surface area contributed by atoms with E-state index in [1.165, 1.54) is 6.42 Å². The van der Waals surface area contributed by atoms with Gasteiger partial charge in [0.25, 0.3) is 0 Å². The molecule has 0 saturated carbocycles. The van der Waals surface area contributed by atoms with E-state index in [1.54, 1.807) is 0 Å². The van der Waals surface area contributed by atoms with Gasteiger partial charge < -0.3 is 19.4 Å². The minimum atomic E-state index is -0.344. The van der Waals surface area contributed by atoms with Crippen LogP contribution in [0.1, 0.15) is 71.6 Å². The van der Waals surface area contributed by atoms with Crippen LogP contribution in [0.15, 0.2) is 0 Å². The molecule has 0 aromatic carbocycles. The maximum absolute atomic E-state index is 12.7. The van der Waals surface area contributed by atoms with Gasteiger partial charge in [-0.15, -0.1) is 0 Å². The predicted octanol–water partition coefficient (Wildman–Crippen LogP) is 3.50. The molecule has 2 amide bonds. The number of carbonyl (C=O) groups excluding carboxylic acids is 2. The third-order valence-corrected chi connectivity index (χ3v) is 6.79. The zero-order valence-electron chi connectivity index (χ0n) is 18.0.